The molecule has 4 aliphatic rings. The molecule has 0 unspecified atom stereocenters. The molecule has 0 aliphatic carbocycles. The third-order valence-electron chi connectivity index (χ3n) is 8.45. The maximum absolute atomic E-state index is 12.6. The molecule has 0 aromatic heterocycles. The molecule has 0 saturated carbocycles. The predicted octanol–water partition coefficient (Wildman–Crippen LogP) is 3.13. The van der Waals surface area contributed by atoms with Crippen molar-refractivity contribution in [2.75, 3.05) is 39.6 Å². The van der Waals surface area contributed by atoms with Gasteiger partial charge in [-0.2, -0.15) is 0 Å². The maximum atomic E-state index is 12.6. The first-order valence-corrected chi connectivity index (χ1v) is 14.9. The summed E-state index contributed by atoms with van der Waals surface area (Å²) in [4.78, 5) is 14.8. The van der Waals surface area contributed by atoms with Crippen LogP contribution in [0.25, 0.3) is 0 Å². The van der Waals surface area contributed by atoms with Gasteiger partial charge in [-0.3, -0.25) is 9.69 Å². The summed E-state index contributed by atoms with van der Waals surface area (Å²) in [6.45, 7) is 16.6. The van der Waals surface area contributed by atoms with Gasteiger partial charge in [0, 0.05) is 25.6 Å². The number of epoxide rings is 1. The van der Waals surface area contributed by atoms with Gasteiger partial charge in [0.05, 0.1) is 56.5 Å². The van der Waals surface area contributed by atoms with Crippen molar-refractivity contribution in [1.82, 2.24) is 10.2 Å². The van der Waals surface area contributed by atoms with E-state index >= 15 is 0 Å². The number of rotatable bonds is 10. The summed E-state index contributed by atoms with van der Waals surface area (Å²) in [5, 5.41) is 13.9. The monoisotopic (exact) mass is 562 g/mol. The van der Waals surface area contributed by atoms with E-state index in [1.807, 2.05) is 39.8 Å². The Morgan fingerprint density at radius 1 is 1.23 bits per heavy atom. The number of carbonyl (C=O) groups is 1. The number of amides is 1. The van der Waals surface area contributed by atoms with Crippen LogP contribution in [0.2, 0.25) is 0 Å². The lowest BCUT2D eigenvalue weighted by Gasteiger charge is -2.41. The molecule has 226 valence electrons. The van der Waals surface area contributed by atoms with Crippen LogP contribution in [0.15, 0.2) is 36.0 Å². The Kier molecular flexibility index (Phi) is 10.7. The number of aliphatic hydroxyl groups is 1. The first-order chi connectivity index (χ1) is 19.0. The van der Waals surface area contributed by atoms with Crippen molar-refractivity contribution < 1.29 is 33.6 Å². The topological polar surface area (TPSA) is 102 Å². The summed E-state index contributed by atoms with van der Waals surface area (Å²) in [5.74, 6) is 0.174. The van der Waals surface area contributed by atoms with Crippen molar-refractivity contribution >= 4 is 5.91 Å². The van der Waals surface area contributed by atoms with Crippen molar-refractivity contribution in [1.29, 1.82) is 0 Å². The molecule has 1 spiro atoms. The summed E-state index contributed by atoms with van der Waals surface area (Å²) < 4.78 is 29.3. The van der Waals surface area contributed by atoms with E-state index in [1.165, 1.54) is 0 Å². The van der Waals surface area contributed by atoms with Gasteiger partial charge in [-0.05, 0) is 53.4 Å². The lowest BCUT2D eigenvalue weighted by atomic mass is 9.83. The Balaban J connectivity index is 1.20. The highest BCUT2D eigenvalue weighted by molar-refractivity contribution is 5.87. The van der Waals surface area contributed by atoms with Gasteiger partial charge in [0.1, 0.15) is 17.8 Å². The fraction of sp³-hybridized carbons (Fsp3) is 0.774. The molecule has 0 radical (unpaired) electrons. The third-order valence-corrected chi connectivity index (χ3v) is 8.45. The van der Waals surface area contributed by atoms with E-state index in [-0.39, 0.29) is 35.9 Å². The van der Waals surface area contributed by atoms with Crippen molar-refractivity contribution in [2.45, 2.75) is 109 Å². The van der Waals surface area contributed by atoms with Crippen molar-refractivity contribution in [3.05, 3.63) is 36.0 Å². The molecule has 8 atom stereocenters. The second-order valence-corrected chi connectivity index (χ2v) is 12.7. The highest BCUT2D eigenvalue weighted by Crippen LogP contribution is 2.46. The first-order valence-electron chi connectivity index (χ1n) is 14.9. The van der Waals surface area contributed by atoms with Gasteiger partial charge < -0.3 is 34.1 Å². The van der Waals surface area contributed by atoms with E-state index in [0.717, 1.165) is 44.7 Å². The summed E-state index contributed by atoms with van der Waals surface area (Å²) in [5.41, 5.74) is 0.312. The normalized spacial score (nSPS) is 37.7. The fourth-order valence-electron chi connectivity index (χ4n) is 5.90. The van der Waals surface area contributed by atoms with Crippen LogP contribution in [-0.4, -0.2) is 103 Å². The number of aliphatic hydroxyl groups excluding tert-OH is 1. The molecule has 1 amide bonds. The molecule has 0 bridgehead atoms. The number of nitrogens with zero attached hydrogens (tertiary/aromatic N) is 1. The number of nitrogens with one attached hydrogen (secondary N) is 1. The van der Waals surface area contributed by atoms with Crippen molar-refractivity contribution in [3.63, 3.8) is 0 Å². The summed E-state index contributed by atoms with van der Waals surface area (Å²) in [6, 6.07) is -0.0387. The minimum absolute atomic E-state index is 0.0387. The zero-order valence-corrected chi connectivity index (χ0v) is 25.1. The van der Waals surface area contributed by atoms with Gasteiger partial charge in [0.15, 0.2) is 0 Å². The Morgan fingerprint density at radius 2 is 1.95 bits per heavy atom. The highest BCUT2D eigenvalue weighted by atomic mass is 16.6. The second kappa shape index (κ2) is 13.6. The van der Waals surface area contributed by atoms with Crippen LogP contribution in [-0.2, 0) is 28.5 Å². The van der Waals surface area contributed by atoms with E-state index in [1.54, 1.807) is 12.2 Å². The van der Waals surface area contributed by atoms with E-state index in [2.05, 4.69) is 30.1 Å². The second-order valence-electron chi connectivity index (χ2n) is 12.7. The van der Waals surface area contributed by atoms with Crippen LogP contribution in [0, 0.1) is 5.92 Å². The number of ether oxygens (including phenoxy) is 5. The third kappa shape index (κ3) is 8.71. The number of hydrogen-bond acceptors (Lipinski definition) is 8. The highest BCUT2D eigenvalue weighted by Gasteiger charge is 2.60. The maximum Gasteiger partial charge on any atom is 0.244 e. The quantitative estimate of drug-likeness (QED) is 0.238. The molecule has 4 saturated heterocycles. The fourth-order valence-corrected chi connectivity index (χ4v) is 5.90. The number of morpholine rings is 1. The van der Waals surface area contributed by atoms with E-state index in [0.29, 0.717) is 25.7 Å². The Morgan fingerprint density at radius 3 is 2.65 bits per heavy atom. The van der Waals surface area contributed by atoms with Gasteiger partial charge >= 0.3 is 0 Å². The summed E-state index contributed by atoms with van der Waals surface area (Å²) in [6.07, 6.45) is 10.7. The standard InChI is InChI=1S/C31H50N2O7/c1-21(8-11-27-29(35)31(19-38-31)18-30(5,6)40-27)7-10-26-22(2)17-25(24(4)39-26)32-28(34)12-9-23(3)37-20-33-13-15-36-16-14-33/h7-9,11-12,22-27,29,35H,10,13-20H2,1-6H3,(H,32,34)/b11-8+,12-9-,21-7+/t22-,23-,24+,25+,26-,27+,29+,31+/m0/s1. The molecular weight excluding hydrogens is 512 g/mol. The van der Waals surface area contributed by atoms with Crippen LogP contribution in [0.3, 0.4) is 0 Å². The van der Waals surface area contributed by atoms with E-state index in [4.69, 9.17) is 23.7 Å². The minimum Gasteiger partial charge on any atom is -0.387 e. The largest absolute Gasteiger partial charge is 0.387 e. The molecule has 4 rings (SSSR count). The average molecular weight is 563 g/mol. The van der Waals surface area contributed by atoms with Gasteiger partial charge in [0.25, 0.3) is 0 Å². The molecule has 0 aromatic rings. The SMILES string of the molecule is CC(/C=C/[C@H]1OC(C)(C)C[C@@]2(CO2)[C@@H]1O)=C\C[C@@H]1O[C@H](C)[C@H](NC(=O)/C=C\[C@H](C)OCN2CCOCC2)C[C@@H]1C. The minimum atomic E-state index is -0.653. The molecule has 4 aliphatic heterocycles. The molecule has 40 heavy (non-hydrogen) atoms. The van der Waals surface area contributed by atoms with Crippen LogP contribution in [0.1, 0.15) is 60.8 Å². The van der Waals surface area contributed by atoms with Crippen LogP contribution in [0.5, 0.6) is 0 Å². The van der Waals surface area contributed by atoms with Crippen molar-refractivity contribution in [3.8, 4) is 0 Å². The number of hydrogen-bond donors (Lipinski definition) is 2. The van der Waals surface area contributed by atoms with Gasteiger partial charge in [-0.1, -0.05) is 36.8 Å². The lowest BCUT2D eigenvalue weighted by Crippen LogP contribution is -2.53. The average Bonchev–Trinajstić information content (AvgIpc) is 3.68. The molecule has 0 aromatic carbocycles. The van der Waals surface area contributed by atoms with E-state index < -0.39 is 17.8 Å². The number of allylic oxidation sites excluding steroid dienone is 2. The molecule has 9 heteroatoms. The summed E-state index contributed by atoms with van der Waals surface area (Å²) in [7, 11) is 0. The zero-order chi connectivity index (χ0) is 28.9. The van der Waals surface area contributed by atoms with Crippen LogP contribution >= 0.6 is 0 Å². The van der Waals surface area contributed by atoms with Crippen molar-refractivity contribution in [2.24, 2.45) is 5.92 Å². The summed E-state index contributed by atoms with van der Waals surface area (Å²) >= 11 is 0. The Bertz CT molecular complexity index is 938. The predicted molar refractivity (Wildman–Crippen MR) is 153 cm³/mol. The van der Waals surface area contributed by atoms with E-state index in [9.17, 15) is 9.90 Å². The van der Waals surface area contributed by atoms with Crippen LogP contribution < -0.4 is 5.32 Å². The Hall–Kier alpha value is -1.59. The lowest BCUT2D eigenvalue weighted by molar-refractivity contribution is -0.171. The first kappa shape index (κ1) is 31.3. The molecular formula is C31H50N2O7. The van der Waals surface area contributed by atoms with Gasteiger partial charge in [-0.15, -0.1) is 0 Å². The smallest absolute Gasteiger partial charge is 0.244 e. The van der Waals surface area contributed by atoms with Gasteiger partial charge in [0.2, 0.25) is 5.91 Å². The molecule has 4 heterocycles. The van der Waals surface area contributed by atoms with Crippen LogP contribution in [0.4, 0.5) is 0 Å². The molecule has 9 nitrogen and oxygen atoms in total. The zero-order valence-electron chi connectivity index (χ0n) is 25.1. The van der Waals surface area contributed by atoms with Gasteiger partial charge in [-0.25, -0.2) is 0 Å². The Labute approximate surface area is 239 Å². The number of carbonyl (C=O) groups excluding carboxylic acids is 1. The molecule has 2 N–H and O–H groups in total. The molecule has 4 fully saturated rings.